The van der Waals surface area contributed by atoms with Gasteiger partial charge in [-0.2, -0.15) is 0 Å². The van der Waals surface area contributed by atoms with Gasteiger partial charge in [0.2, 0.25) is 5.91 Å². The average Bonchev–Trinajstić information content (AvgIpc) is 2.57. The first kappa shape index (κ1) is 15.8. The van der Waals surface area contributed by atoms with Crippen LogP contribution in [0.4, 0.5) is 15.8 Å². The van der Waals surface area contributed by atoms with Gasteiger partial charge in [-0.3, -0.25) is 4.79 Å². The number of para-hydroxylation sites is 1. The van der Waals surface area contributed by atoms with Crippen LogP contribution in [-0.4, -0.2) is 19.0 Å². The van der Waals surface area contributed by atoms with E-state index in [0.717, 1.165) is 31.6 Å². The third-order valence-corrected chi connectivity index (χ3v) is 4.41. The van der Waals surface area contributed by atoms with Gasteiger partial charge in [-0.1, -0.05) is 29.8 Å². The van der Waals surface area contributed by atoms with Crippen LogP contribution in [-0.2, 0) is 4.79 Å². The first-order chi connectivity index (χ1) is 11.1. The Kier molecular flexibility index (Phi) is 4.82. The molecule has 0 saturated carbocycles. The molecular formula is C18H18ClFN2O. The first-order valence-electron chi connectivity index (χ1n) is 7.69. The first-order valence-corrected chi connectivity index (χ1v) is 8.07. The number of benzene rings is 2. The minimum absolute atomic E-state index is 0.0926. The summed E-state index contributed by atoms with van der Waals surface area (Å²) in [6.45, 7) is 1.57. The number of nitrogens with one attached hydrogen (secondary N) is 1. The van der Waals surface area contributed by atoms with Gasteiger partial charge in [-0.25, -0.2) is 4.39 Å². The smallest absolute Gasteiger partial charge is 0.227 e. The van der Waals surface area contributed by atoms with Crippen LogP contribution >= 0.6 is 11.6 Å². The summed E-state index contributed by atoms with van der Waals surface area (Å²) < 4.78 is 13.6. The molecule has 0 spiro atoms. The molecule has 5 heteroatoms. The standard InChI is InChI=1S/C18H18ClFN2O/c19-14-4-3-5-15(12-14)22-10-8-13(9-11-22)18(23)21-17-7-2-1-6-16(17)20/h1-7,12-13H,8-11H2,(H,21,23). The molecule has 120 valence electrons. The molecule has 0 aromatic heterocycles. The van der Waals surface area contributed by atoms with Gasteiger partial charge in [0.15, 0.2) is 0 Å². The van der Waals surface area contributed by atoms with Gasteiger partial charge < -0.3 is 10.2 Å². The highest BCUT2D eigenvalue weighted by atomic mass is 35.5. The maximum atomic E-state index is 13.6. The molecule has 3 rings (SSSR count). The number of amides is 1. The van der Waals surface area contributed by atoms with Crippen LogP contribution in [0.25, 0.3) is 0 Å². The highest BCUT2D eigenvalue weighted by Crippen LogP contribution is 2.26. The number of carbonyl (C=O) groups excluding carboxylic acids is 1. The molecule has 0 unspecified atom stereocenters. The Morgan fingerprint density at radius 1 is 1.13 bits per heavy atom. The van der Waals surface area contributed by atoms with Crippen LogP contribution in [0, 0.1) is 11.7 Å². The lowest BCUT2D eigenvalue weighted by Crippen LogP contribution is -2.38. The Labute approximate surface area is 140 Å². The van der Waals surface area contributed by atoms with Crippen molar-refractivity contribution in [2.24, 2.45) is 5.92 Å². The summed E-state index contributed by atoms with van der Waals surface area (Å²) in [5.74, 6) is -0.608. The van der Waals surface area contributed by atoms with Crippen molar-refractivity contribution in [2.75, 3.05) is 23.3 Å². The Morgan fingerprint density at radius 3 is 2.57 bits per heavy atom. The topological polar surface area (TPSA) is 32.3 Å². The van der Waals surface area contributed by atoms with Crippen molar-refractivity contribution in [3.63, 3.8) is 0 Å². The summed E-state index contributed by atoms with van der Waals surface area (Å²) in [7, 11) is 0. The Hall–Kier alpha value is -2.07. The van der Waals surface area contributed by atoms with Crippen LogP contribution < -0.4 is 10.2 Å². The molecule has 1 aliphatic heterocycles. The normalized spacial score (nSPS) is 15.5. The summed E-state index contributed by atoms with van der Waals surface area (Å²) in [4.78, 5) is 14.5. The van der Waals surface area contributed by atoms with Gasteiger partial charge in [-0.05, 0) is 43.2 Å². The van der Waals surface area contributed by atoms with Crippen molar-refractivity contribution in [3.05, 3.63) is 59.4 Å². The summed E-state index contributed by atoms with van der Waals surface area (Å²) in [5.41, 5.74) is 1.32. The summed E-state index contributed by atoms with van der Waals surface area (Å²) >= 11 is 6.02. The Balaban J connectivity index is 1.58. The number of halogens is 2. The van der Waals surface area contributed by atoms with Crippen LogP contribution in [0.2, 0.25) is 5.02 Å². The SMILES string of the molecule is O=C(Nc1ccccc1F)C1CCN(c2cccc(Cl)c2)CC1. The van der Waals surface area contributed by atoms with Crippen molar-refractivity contribution in [1.29, 1.82) is 0 Å². The second-order valence-corrected chi connectivity index (χ2v) is 6.15. The highest BCUT2D eigenvalue weighted by Gasteiger charge is 2.25. The van der Waals surface area contributed by atoms with E-state index in [-0.39, 0.29) is 17.5 Å². The number of hydrogen-bond acceptors (Lipinski definition) is 2. The van der Waals surface area contributed by atoms with Gasteiger partial charge in [0, 0.05) is 29.7 Å². The molecule has 0 bridgehead atoms. The van der Waals surface area contributed by atoms with E-state index in [9.17, 15) is 9.18 Å². The average molecular weight is 333 g/mol. The maximum Gasteiger partial charge on any atom is 0.227 e. The van der Waals surface area contributed by atoms with E-state index in [0.29, 0.717) is 5.02 Å². The summed E-state index contributed by atoms with van der Waals surface area (Å²) in [6.07, 6.45) is 1.49. The monoisotopic (exact) mass is 332 g/mol. The van der Waals surface area contributed by atoms with Crippen molar-refractivity contribution < 1.29 is 9.18 Å². The predicted molar refractivity (Wildman–Crippen MR) is 91.4 cm³/mol. The maximum absolute atomic E-state index is 13.6. The third kappa shape index (κ3) is 3.82. The second-order valence-electron chi connectivity index (χ2n) is 5.71. The lowest BCUT2D eigenvalue weighted by molar-refractivity contribution is -0.120. The lowest BCUT2D eigenvalue weighted by Gasteiger charge is -2.33. The van der Waals surface area contributed by atoms with Crippen molar-refractivity contribution >= 4 is 28.9 Å². The molecule has 1 saturated heterocycles. The van der Waals surface area contributed by atoms with E-state index >= 15 is 0 Å². The fraction of sp³-hybridized carbons (Fsp3) is 0.278. The number of piperidine rings is 1. The molecular weight excluding hydrogens is 315 g/mol. The highest BCUT2D eigenvalue weighted by molar-refractivity contribution is 6.30. The third-order valence-electron chi connectivity index (χ3n) is 4.17. The fourth-order valence-corrected chi connectivity index (χ4v) is 3.05. The number of carbonyl (C=O) groups is 1. The van der Waals surface area contributed by atoms with E-state index in [4.69, 9.17) is 11.6 Å². The molecule has 2 aromatic carbocycles. The van der Waals surface area contributed by atoms with E-state index in [1.807, 2.05) is 24.3 Å². The summed E-state index contributed by atoms with van der Waals surface area (Å²) in [6, 6.07) is 14.0. The Morgan fingerprint density at radius 2 is 1.87 bits per heavy atom. The molecule has 2 aromatic rings. The zero-order chi connectivity index (χ0) is 16.2. The van der Waals surface area contributed by atoms with E-state index in [1.165, 1.54) is 6.07 Å². The second kappa shape index (κ2) is 7.01. The van der Waals surface area contributed by atoms with Gasteiger partial charge in [0.25, 0.3) is 0 Å². The summed E-state index contributed by atoms with van der Waals surface area (Å²) in [5, 5.41) is 3.40. The van der Waals surface area contributed by atoms with Crippen LogP contribution in [0.1, 0.15) is 12.8 Å². The minimum Gasteiger partial charge on any atom is -0.371 e. The molecule has 1 fully saturated rings. The molecule has 23 heavy (non-hydrogen) atoms. The quantitative estimate of drug-likeness (QED) is 0.907. The van der Waals surface area contributed by atoms with E-state index in [2.05, 4.69) is 10.2 Å². The van der Waals surface area contributed by atoms with E-state index in [1.54, 1.807) is 18.2 Å². The zero-order valence-electron chi connectivity index (χ0n) is 12.6. The largest absolute Gasteiger partial charge is 0.371 e. The number of anilines is 2. The molecule has 0 radical (unpaired) electrons. The molecule has 0 atom stereocenters. The van der Waals surface area contributed by atoms with Crippen LogP contribution in [0.15, 0.2) is 48.5 Å². The van der Waals surface area contributed by atoms with Crippen molar-refractivity contribution in [2.45, 2.75) is 12.8 Å². The van der Waals surface area contributed by atoms with Crippen molar-refractivity contribution in [3.8, 4) is 0 Å². The Bertz CT molecular complexity index is 699. The number of rotatable bonds is 3. The molecule has 1 N–H and O–H groups in total. The van der Waals surface area contributed by atoms with Crippen LogP contribution in [0.3, 0.4) is 0 Å². The van der Waals surface area contributed by atoms with Gasteiger partial charge in [0.05, 0.1) is 5.69 Å². The molecule has 1 aliphatic rings. The molecule has 1 amide bonds. The van der Waals surface area contributed by atoms with Crippen molar-refractivity contribution in [1.82, 2.24) is 0 Å². The van der Waals surface area contributed by atoms with Crippen LogP contribution in [0.5, 0.6) is 0 Å². The molecule has 1 heterocycles. The van der Waals surface area contributed by atoms with Gasteiger partial charge in [-0.15, -0.1) is 0 Å². The number of hydrogen-bond donors (Lipinski definition) is 1. The molecule has 3 nitrogen and oxygen atoms in total. The zero-order valence-corrected chi connectivity index (χ0v) is 13.4. The van der Waals surface area contributed by atoms with Gasteiger partial charge >= 0.3 is 0 Å². The van der Waals surface area contributed by atoms with Gasteiger partial charge in [0.1, 0.15) is 5.82 Å². The molecule has 0 aliphatic carbocycles. The lowest BCUT2D eigenvalue weighted by atomic mass is 9.95. The van der Waals surface area contributed by atoms with E-state index < -0.39 is 5.82 Å². The fourth-order valence-electron chi connectivity index (χ4n) is 2.87. The number of nitrogens with zero attached hydrogens (tertiary/aromatic N) is 1. The minimum atomic E-state index is -0.405. The predicted octanol–water partition coefficient (Wildman–Crippen LogP) is 4.33.